The Morgan fingerprint density at radius 3 is 2.44 bits per heavy atom. The van der Waals surface area contributed by atoms with Crippen molar-refractivity contribution in [3.05, 3.63) is 62.9 Å². The van der Waals surface area contributed by atoms with Gasteiger partial charge in [-0.25, -0.2) is 9.36 Å². The molecule has 1 aromatic carbocycles. The molecule has 3 heterocycles. The predicted octanol–water partition coefficient (Wildman–Crippen LogP) is 1.25. The highest BCUT2D eigenvalue weighted by Gasteiger charge is 2.25. The van der Waals surface area contributed by atoms with Crippen LogP contribution in [-0.4, -0.2) is 38.0 Å². The van der Waals surface area contributed by atoms with E-state index in [0.29, 0.717) is 35.4 Å². The molecule has 2 aromatic heterocycles. The highest BCUT2D eigenvalue weighted by atomic mass is 16.2. The van der Waals surface area contributed by atoms with Crippen molar-refractivity contribution in [2.24, 2.45) is 7.05 Å². The van der Waals surface area contributed by atoms with Crippen molar-refractivity contribution in [1.29, 1.82) is 0 Å². The number of H-pyrrole nitrogens is 1. The molecule has 1 N–H and O–H groups in total. The van der Waals surface area contributed by atoms with Gasteiger partial charge in [-0.1, -0.05) is 18.2 Å². The molecular formula is C18H18N4O3. The van der Waals surface area contributed by atoms with Gasteiger partial charge >= 0.3 is 5.69 Å². The van der Waals surface area contributed by atoms with Crippen LogP contribution in [0.3, 0.4) is 0 Å². The van der Waals surface area contributed by atoms with Crippen LogP contribution in [0, 0.1) is 0 Å². The fourth-order valence-corrected chi connectivity index (χ4v) is 3.44. The summed E-state index contributed by atoms with van der Waals surface area (Å²) >= 11 is 0. The summed E-state index contributed by atoms with van der Waals surface area (Å²) in [6.45, 7) is 1.42. The van der Waals surface area contributed by atoms with E-state index in [2.05, 4.69) is 4.98 Å². The topological polar surface area (TPSA) is 80.1 Å². The summed E-state index contributed by atoms with van der Waals surface area (Å²) in [6.07, 6.45) is 3.58. The van der Waals surface area contributed by atoms with E-state index in [0.717, 1.165) is 17.4 Å². The van der Waals surface area contributed by atoms with Crippen molar-refractivity contribution in [2.45, 2.75) is 12.8 Å². The van der Waals surface area contributed by atoms with Gasteiger partial charge < -0.3 is 14.5 Å². The number of fused-ring (bicyclic) bond motifs is 1. The Morgan fingerprint density at radius 1 is 1.08 bits per heavy atom. The second-order valence-corrected chi connectivity index (χ2v) is 6.28. The van der Waals surface area contributed by atoms with Crippen LogP contribution in [0.4, 0.5) is 0 Å². The van der Waals surface area contributed by atoms with Crippen LogP contribution in [-0.2, 0) is 7.05 Å². The predicted molar refractivity (Wildman–Crippen MR) is 94.3 cm³/mol. The zero-order valence-corrected chi connectivity index (χ0v) is 13.9. The number of carbonyl (C=O) groups is 1. The van der Waals surface area contributed by atoms with Crippen molar-refractivity contribution in [2.75, 3.05) is 13.1 Å². The molecule has 1 saturated heterocycles. The summed E-state index contributed by atoms with van der Waals surface area (Å²) in [5, 5.41) is 0. The van der Waals surface area contributed by atoms with E-state index < -0.39 is 11.2 Å². The van der Waals surface area contributed by atoms with Crippen LogP contribution >= 0.6 is 0 Å². The summed E-state index contributed by atoms with van der Waals surface area (Å²) in [4.78, 5) is 42.7. The van der Waals surface area contributed by atoms with Gasteiger partial charge in [0.2, 0.25) is 0 Å². The molecule has 128 valence electrons. The van der Waals surface area contributed by atoms with E-state index in [1.807, 2.05) is 6.07 Å². The zero-order valence-electron chi connectivity index (χ0n) is 13.9. The molecule has 0 saturated carbocycles. The van der Waals surface area contributed by atoms with E-state index >= 15 is 0 Å². The summed E-state index contributed by atoms with van der Waals surface area (Å²) in [5.74, 6) is -0.143. The first kappa shape index (κ1) is 15.4. The van der Waals surface area contributed by atoms with Crippen molar-refractivity contribution in [3.8, 4) is 5.69 Å². The molecule has 1 amide bonds. The highest BCUT2D eigenvalue weighted by Crippen LogP contribution is 2.19. The van der Waals surface area contributed by atoms with E-state index in [1.54, 1.807) is 47.0 Å². The third-order valence-corrected chi connectivity index (χ3v) is 4.66. The molecule has 7 heteroatoms. The average Bonchev–Trinajstić information content (AvgIpc) is 3.24. The quantitative estimate of drug-likeness (QED) is 0.764. The molecular weight excluding hydrogens is 320 g/mol. The summed E-state index contributed by atoms with van der Waals surface area (Å²) in [6, 6.07) is 8.73. The monoisotopic (exact) mass is 338 g/mol. The molecule has 0 unspecified atom stereocenters. The van der Waals surface area contributed by atoms with Crippen LogP contribution in [0.1, 0.15) is 23.2 Å². The highest BCUT2D eigenvalue weighted by molar-refractivity contribution is 6.05. The molecule has 1 aliphatic rings. The van der Waals surface area contributed by atoms with Gasteiger partial charge in [-0.15, -0.1) is 0 Å². The van der Waals surface area contributed by atoms with E-state index in [4.69, 9.17) is 0 Å². The lowest BCUT2D eigenvalue weighted by molar-refractivity contribution is 0.0794. The Bertz CT molecular complexity index is 1070. The van der Waals surface area contributed by atoms with Crippen LogP contribution in [0.15, 0.2) is 46.1 Å². The molecule has 1 aliphatic heterocycles. The maximum absolute atomic E-state index is 12.9. The van der Waals surface area contributed by atoms with Gasteiger partial charge in [0.15, 0.2) is 0 Å². The number of aromatic amines is 1. The number of carbonyl (C=O) groups excluding carboxylic acids is 1. The minimum Gasteiger partial charge on any atom is -0.344 e. The summed E-state index contributed by atoms with van der Waals surface area (Å²) < 4.78 is 2.70. The van der Waals surface area contributed by atoms with E-state index in [9.17, 15) is 14.4 Å². The molecule has 0 radical (unpaired) electrons. The van der Waals surface area contributed by atoms with Gasteiger partial charge in [0, 0.05) is 26.3 Å². The summed E-state index contributed by atoms with van der Waals surface area (Å²) in [5.41, 5.74) is 0.490. The molecule has 25 heavy (non-hydrogen) atoms. The minimum absolute atomic E-state index is 0.143. The first-order valence-electron chi connectivity index (χ1n) is 8.27. The van der Waals surface area contributed by atoms with Gasteiger partial charge in [-0.3, -0.25) is 9.59 Å². The maximum atomic E-state index is 12.9. The van der Waals surface area contributed by atoms with Gasteiger partial charge in [0.25, 0.3) is 11.5 Å². The van der Waals surface area contributed by atoms with Crippen LogP contribution in [0.5, 0.6) is 0 Å². The minimum atomic E-state index is -0.551. The maximum Gasteiger partial charge on any atom is 0.333 e. The van der Waals surface area contributed by atoms with E-state index in [1.165, 1.54) is 0 Å². The van der Waals surface area contributed by atoms with Gasteiger partial charge in [0.1, 0.15) is 5.52 Å². The van der Waals surface area contributed by atoms with E-state index in [-0.39, 0.29) is 5.91 Å². The average molecular weight is 338 g/mol. The smallest absolute Gasteiger partial charge is 0.333 e. The van der Waals surface area contributed by atoms with Crippen molar-refractivity contribution >= 4 is 16.9 Å². The molecule has 0 aliphatic carbocycles. The second-order valence-electron chi connectivity index (χ2n) is 6.28. The lowest BCUT2D eigenvalue weighted by atomic mass is 10.2. The van der Waals surface area contributed by atoms with Crippen LogP contribution in [0.25, 0.3) is 16.7 Å². The summed E-state index contributed by atoms with van der Waals surface area (Å²) in [7, 11) is 1.71. The normalized spacial score (nSPS) is 14.4. The largest absolute Gasteiger partial charge is 0.344 e. The zero-order chi connectivity index (χ0) is 17.6. The molecule has 3 aromatic rings. The fraction of sp³-hybridized carbons (Fsp3) is 0.278. The first-order valence-corrected chi connectivity index (χ1v) is 8.27. The number of amides is 1. The number of rotatable bonds is 2. The Morgan fingerprint density at radius 2 is 1.76 bits per heavy atom. The van der Waals surface area contributed by atoms with Crippen molar-refractivity contribution in [3.63, 3.8) is 0 Å². The Hall–Kier alpha value is -3.09. The number of nitrogens with one attached hydrogen (secondary N) is 1. The molecule has 0 spiro atoms. The second kappa shape index (κ2) is 5.77. The number of likely N-dealkylation sites (tertiary alicyclic amines) is 1. The number of hydrogen-bond donors (Lipinski definition) is 1. The van der Waals surface area contributed by atoms with Gasteiger partial charge in [-0.05, 0) is 25.0 Å². The number of benzene rings is 1. The molecule has 1 fully saturated rings. The molecule has 0 atom stereocenters. The Labute approximate surface area is 143 Å². The number of aryl methyl sites for hydroxylation is 1. The lowest BCUT2D eigenvalue weighted by Gasteiger charge is -2.14. The number of para-hydroxylation sites is 1. The third-order valence-electron chi connectivity index (χ3n) is 4.66. The molecule has 4 rings (SSSR count). The van der Waals surface area contributed by atoms with Crippen LogP contribution in [0.2, 0.25) is 0 Å². The number of nitrogens with zero attached hydrogens (tertiary/aromatic N) is 3. The number of aromatic nitrogens is 3. The Balaban J connectivity index is 1.95. The third kappa shape index (κ3) is 2.39. The molecule has 7 nitrogen and oxygen atoms in total. The Kier molecular flexibility index (Phi) is 3.56. The van der Waals surface area contributed by atoms with Crippen molar-refractivity contribution < 1.29 is 4.79 Å². The molecule has 0 bridgehead atoms. The number of hydrogen-bond acceptors (Lipinski definition) is 3. The fourth-order valence-electron chi connectivity index (χ4n) is 3.44. The SMILES string of the molecule is Cn1cc(C(=O)N2CCCC2)c2[nH]c(=O)n(-c3ccccc3)c(=O)c21. The van der Waals surface area contributed by atoms with Gasteiger partial charge in [-0.2, -0.15) is 0 Å². The lowest BCUT2D eigenvalue weighted by Crippen LogP contribution is -2.34. The first-order chi connectivity index (χ1) is 12.1. The van der Waals surface area contributed by atoms with Crippen LogP contribution < -0.4 is 11.2 Å². The standard InChI is InChI=1S/C18H18N4O3/c1-20-11-13(16(23)21-9-5-6-10-21)14-15(20)17(24)22(18(25)19-14)12-7-3-2-4-8-12/h2-4,7-8,11H,5-6,9-10H2,1H3,(H,19,25). The van der Waals surface area contributed by atoms with Crippen molar-refractivity contribution in [1.82, 2.24) is 19.0 Å². The van der Waals surface area contributed by atoms with Gasteiger partial charge in [0.05, 0.1) is 16.8 Å².